The smallest absolute Gasteiger partial charge is 0.395 e. The summed E-state index contributed by atoms with van der Waals surface area (Å²) >= 11 is 0. The molecule has 0 spiro atoms. The molecule has 6 nitrogen and oxygen atoms in total. The van der Waals surface area contributed by atoms with E-state index in [2.05, 4.69) is 0 Å². The summed E-state index contributed by atoms with van der Waals surface area (Å²) in [7, 11) is 0. The summed E-state index contributed by atoms with van der Waals surface area (Å²) < 4.78 is 20.9. The molecule has 0 aliphatic carbocycles. The van der Waals surface area contributed by atoms with Gasteiger partial charge in [0.15, 0.2) is 0 Å². The number of carbonyl (C=O) groups is 2. The van der Waals surface area contributed by atoms with E-state index in [1.807, 2.05) is 38.1 Å². The number of rotatable bonds is 4. The first-order valence-electron chi connectivity index (χ1n) is 9.34. The molecule has 3 aromatic rings. The Morgan fingerprint density at radius 1 is 0.533 bits per heavy atom. The van der Waals surface area contributed by atoms with Crippen LogP contribution in [-0.2, 0) is 0 Å². The van der Waals surface area contributed by atoms with Crippen LogP contribution in [0.5, 0.6) is 23.0 Å². The third-order valence-electron chi connectivity index (χ3n) is 4.30. The predicted molar refractivity (Wildman–Crippen MR) is 112 cm³/mol. The van der Waals surface area contributed by atoms with E-state index >= 15 is 0 Å². The lowest BCUT2D eigenvalue weighted by molar-refractivity contribution is 0.148. The molecule has 0 saturated heterocycles. The second-order valence-corrected chi connectivity index (χ2v) is 6.92. The minimum atomic E-state index is -0.853. The summed E-state index contributed by atoms with van der Waals surface area (Å²) in [5.41, 5.74) is 3.30. The number of hydrogen-bond donors (Lipinski definition) is 0. The van der Waals surface area contributed by atoms with Gasteiger partial charge in [0.1, 0.15) is 23.0 Å². The molecule has 0 radical (unpaired) electrons. The summed E-state index contributed by atoms with van der Waals surface area (Å²) in [6.45, 7) is 7.33. The van der Waals surface area contributed by atoms with E-state index in [0.717, 1.165) is 11.1 Å². The minimum absolute atomic E-state index is 0.309. The van der Waals surface area contributed by atoms with Crippen LogP contribution in [0.4, 0.5) is 9.59 Å². The molecule has 0 aromatic heterocycles. The lowest BCUT2D eigenvalue weighted by atomic mass is 10.1. The van der Waals surface area contributed by atoms with Gasteiger partial charge < -0.3 is 18.9 Å². The Labute approximate surface area is 175 Å². The van der Waals surface area contributed by atoms with Gasteiger partial charge in [-0.2, -0.15) is 0 Å². The zero-order valence-corrected chi connectivity index (χ0v) is 17.2. The van der Waals surface area contributed by atoms with Crippen LogP contribution in [-0.4, -0.2) is 12.3 Å². The summed E-state index contributed by atoms with van der Waals surface area (Å²) in [5, 5.41) is 0. The van der Waals surface area contributed by atoms with Crippen molar-refractivity contribution in [1.82, 2.24) is 0 Å². The molecular formula is C24H22O6. The molecule has 0 aliphatic rings. The normalized spacial score (nSPS) is 10.3. The van der Waals surface area contributed by atoms with Gasteiger partial charge in [0.2, 0.25) is 0 Å². The van der Waals surface area contributed by atoms with Gasteiger partial charge in [-0.25, -0.2) is 9.59 Å². The highest BCUT2D eigenvalue weighted by Gasteiger charge is 2.15. The fourth-order valence-corrected chi connectivity index (χ4v) is 2.61. The van der Waals surface area contributed by atoms with Gasteiger partial charge >= 0.3 is 12.3 Å². The maximum Gasteiger partial charge on any atom is 0.519 e. The molecule has 0 amide bonds. The lowest BCUT2D eigenvalue weighted by Gasteiger charge is -2.12. The van der Waals surface area contributed by atoms with Crippen molar-refractivity contribution in [3.05, 3.63) is 82.9 Å². The van der Waals surface area contributed by atoms with Crippen LogP contribution in [0.25, 0.3) is 0 Å². The van der Waals surface area contributed by atoms with Crippen LogP contribution >= 0.6 is 0 Å². The van der Waals surface area contributed by atoms with Gasteiger partial charge in [0.05, 0.1) is 0 Å². The predicted octanol–water partition coefficient (Wildman–Crippen LogP) is 6.08. The molecule has 0 heterocycles. The van der Waals surface area contributed by atoms with E-state index in [-0.39, 0.29) is 0 Å². The van der Waals surface area contributed by atoms with Crippen LogP contribution in [0.15, 0.2) is 60.7 Å². The summed E-state index contributed by atoms with van der Waals surface area (Å²) in [4.78, 5) is 24.1. The maximum absolute atomic E-state index is 12.1. The minimum Gasteiger partial charge on any atom is -0.395 e. The fourth-order valence-electron chi connectivity index (χ4n) is 2.61. The van der Waals surface area contributed by atoms with E-state index < -0.39 is 12.3 Å². The van der Waals surface area contributed by atoms with Crippen LogP contribution in [0.3, 0.4) is 0 Å². The van der Waals surface area contributed by atoms with E-state index in [4.69, 9.17) is 18.9 Å². The van der Waals surface area contributed by atoms with Gasteiger partial charge in [-0.1, -0.05) is 35.4 Å². The Balaban J connectivity index is 1.64. The van der Waals surface area contributed by atoms with Crippen LogP contribution in [0.2, 0.25) is 0 Å². The molecule has 154 valence electrons. The van der Waals surface area contributed by atoms with Crippen LogP contribution in [0.1, 0.15) is 22.3 Å². The second-order valence-electron chi connectivity index (χ2n) is 6.92. The zero-order chi connectivity index (χ0) is 21.7. The number of aryl methyl sites for hydroxylation is 4. The van der Waals surface area contributed by atoms with Crippen molar-refractivity contribution < 1.29 is 28.5 Å². The molecule has 30 heavy (non-hydrogen) atoms. The van der Waals surface area contributed by atoms with Gasteiger partial charge in [-0.3, -0.25) is 0 Å². The van der Waals surface area contributed by atoms with Crippen molar-refractivity contribution in [3.63, 3.8) is 0 Å². The number of ether oxygens (including phenoxy) is 4. The van der Waals surface area contributed by atoms with Gasteiger partial charge in [-0.15, -0.1) is 0 Å². The molecule has 0 aliphatic heterocycles. The van der Waals surface area contributed by atoms with Crippen LogP contribution in [0, 0.1) is 27.7 Å². The molecule has 6 heteroatoms. The second kappa shape index (κ2) is 9.13. The first-order chi connectivity index (χ1) is 14.3. The highest BCUT2D eigenvalue weighted by atomic mass is 16.7. The quantitative estimate of drug-likeness (QED) is 0.386. The largest absolute Gasteiger partial charge is 0.519 e. The fraction of sp³-hybridized carbons (Fsp3) is 0.167. The first kappa shape index (κ1) is 20.9. The Morgan fingerprint density at radius 2 is 0.867 bits per heavy atom. The molecule has 0 saturated carbocycles. The average molecular weight is 406 g/mol. The number of benzene rings is 3. The highest BCUT2D eigenvalue weighted by Crippen LogP contribution is 2.29. The third-order valence-corrected chi connectivity index (χ3v) is 4.30. The maximum atomic E-state index is 12.1. The van der Waals surface area contributed by atoms with Crippen molar-refractivity contribution in [2.24, 2.45) is 0 Å². The van der Waals surface area contributed by atoms with E-state index in [1.54, 1.807) is 50.2 Å². The van der Waals surface area contributed by atoms with Crippen molar-refractivity contribution in [2.75, 3.05) is 0 Å². The topological polar surface area (TPSA) is 71.1 Å². The summed E-state index contributed by atoms with van der Waals surface area (Å²) in [5.74, 6) is 1.39. The van der Waals surface area contributed by atoms with Gasteiger partial charge in [0.25, 0.3) is 0 Å². The summed E-state index contributed by atoms with van der Waals surface area (Å²) in [6.07, 6.45) is -1.71. The Morgan fingerprint density at radius 3 is 1.20 bits per heavy atom. The van der Waals surface area contributed by atoms with E-state index in [9.17, 15) is 9.59 Å². The van der Waals surface area contributed by atoms with Gasteiger partial charge in [0, 0.05) is 0 Å². The summed E-state index contributed by atoms with van der Waals surface area (Å²) in [6, 6.07) is 17.3. The standard InChI is InChI=1S/C24H22O6/c1-15-5-9-19(10-6-15)27-23(25)29-21-13-18(4)22(14-17(21)3)30-24(26)28-20-11-7-16(2)8-12-20/h5-14H,1-4H3. The van der Waals surface area contributed by atoms with Gasteiger partial charge in [-0.05, 0) is 75.2 Å². The Kier molecular flexibility index (Phi) is 6.37. The van der Waals surface area contributed by atoms with E-state index in [0.29, 0.717) is 34.1 Å². The van der Waals surface area contributed by atoms with Crippen molar-refractivity contribution in [1.29, 1.82) is 0 Å². The highest BCUT2D eigenvalue weighted by molar-refractivity contribution is 5.70. The SMILES string of the molecule is Cc1ccc(OC(=O)Oc2cc(C)c(OC(=O)Oc3ccc(C)cc3)cc2C)cc1. The monoisotopic (exact) mass is 406 g/mol. The zero-order valence-electron chi connectivity index (χ0n) is 17.2. The molecule has 0 N–H and O–H groups in total. The Bertz CT molecular complexity index is 965. The Hall–Kier alpha value is -3.80. The molecule has 0 atom stereocenters. The third kappa shape index (κ3) is 5.61. The molecule has 0 unspecified atom stereocenters. The molecule has 3 rings (SSSR count). The van der Waals surface area contributed by atoms with Crippen LogP contribution < -0.4 is 18.9 Å². The van der Waals surface area contributed by atoms with Crippen molar-refractivity contribution >= 4 is 12.3 Å². The average Bonchev–Trinajstić information content (AvgIpc) is 2.69. The number of hydrogen-bond acceptors (Lipinski definition) is 6. The van der Waals surface area contributed by atoms with Crippen molar-refractivity contribution in [2.45, 2.75) is 27.7 Å². The lowest BCUT2D eigenvalue weighted by Crippen LogP contribution is -2.16. The molecule has 3 aromatic carbocycles. The van der Waals surface area contributed by atoms with E-state index in [1.165, 1.54) is 0 Å². The molecule has 0 bridgehead atoms. The molecular weight excluding hydrogens is 384 g/mol. The number of carbonyl (C=O) groups excluding carboxylic acids is 2. The molecule has 0 fully saturated rings. The first-order valence-corrected chi connectivity index (χ1v) is 9.34. The van der Waals surface area contributed by atoms with Crippen molar-refractivity contribution in [3.8, 4) is 23.0 Å².